The number of carbonyl (C=O) groups is 1. The molecular weight excluding hydrogens is 538 g/mol. The van der Waals surface area contributed by atoms with Crippen LogP contribution in [0.3, 0.4) is 0 Å². The monoisotopic (exact) mass is 564 g/mol. The molecule has 1 atom stereocenters. The number of amides is 1. The van der Waals surface area contributed by atoms with Crippen LogP contribution in [-0.2, 0) is 4.74 Å². The largest absolute Gasteiger partial charge is 0.444 e. The van der Waals surface area contributed by atoms with Crippen LogP contribution in [0.25, 0.3) is 37.8 Å². The molecule has 1 saturated heterocycles. The van der Waals surface area contributed by atoms with Gasteiger partial charge < -0.3 is 14.5 Å². The number of nitrogens with zero attached hydrogens (tertiary/aromatic N) is 6. The molecule has 1 aliphatic heterocycles. The quantitative estimate of drug-likeness (QED) is 0.267. The molecule has 0 radical (unpaired) electrons. The number of halogens is 3. The SMILES string of the molecule is [C-]#[N+]C[C@H]1CN(c2nc(C)nc3c(F)c(-c4cccc5ccc(F)c(Cl)c45)ncc23)CCN1C(=O)OC(C)(C)C. The second kappa shape index (κ2) is 10.5. The maximum Gasteiger partial charge on any atom is 0.410 e. The van der Waals surface area contributed by atoms with Crippen LogP contribution >= 0.6 is 11.6 Å². The zero-order valence-corrected chi connectivity index (χ0v) is 23.3. The van der Waals surface area contributed by atoms with Crippen molar-refractivity contribution in [2.24, 2.45) is 0 Å². The lowest BCUT2D eigenvalue weighted by atomic mass is 10.0. The highest BCUT2D eigenvalue weighted by molar-refractivity contribution is 6.36. The predicted molar refractivity (Wildman–Crippen MR) is 150 cm³/mol. The molecule has 1 amide bonds. The second-order valence-electron chi connectivity index (χ2n) is 10.7. The van der Waals surface area contributed by atoms with Gasteiger partial charge in [-0.05, 0) is 39.1 Å². The number of fused-ring (bicyclic) bond motifs is 2. The van der Waals surface area contributed by atoms with E-state index in [2.05, 4.69) is 19.8 Å². The van der Waals surface area contributed by atoms with E-state index in [0.717, 1.165) is 0 Å². The molecule has 2 aromatic heterocycles. The van der Waals surface area contributed by atoms with Gasteiger partial charge in [0.1, 0.15) is 40.3 Å². The van der Waals surface area contributed by atoms with E-state index >= 15 is 4.39 Å². The van der Waals surface area contributed by atoms with Crippen LogP contribution in [0.1, 0.15) is 26.6 Å². The van der Waals surface area contributed by atoms with Gasteiger partial charge in [0.25, 0.3) is 0 Å². The Labute approximate surface area is 235 Å². The van der Waals surface area contributed by atoms with Crippen LogP contribution in [0.5, 0.6) is 0 Å². The van der Waals surface area contributed by atoms with Crippen LogP contribution in [0.15, 0.2) is 36.5 Å². The van der Waals surface area contributed by atoms with Crippen LogP contribution in [0, 0.1) is 25.1 Å². The van der Waals surface area contributed by atoms with Gasteiger partial charge in [-0.1, -0.05) is 35.9 Å². The molecule has 5 rings (SSSR count). The van der Waals surface area contributed by atoms with Gasteiger partial charge in [-0.2, -0.15) is 0 Å². The Kier molecular flexibility index (Phi) is 7.19. The topological polar surface area (TPSA) is 75.8 Å². The van der Waals surface area contributed by atoms with Crippen LogP contribution in [-0.4, -0.2) is 63.8 Å². The molecule has 2 aromatic carbocycles. The Morgan fingerprint density at radius 1 is 1.20 bits per heavy atom. The van der Waals surface area contributed by atoms with Crippen molar-refractivity contribution in [3.63, 3.8) is 0 Å². The molecule has 206 valence electrons. The Morgan fingerprint density at radius 3 is 2.70 bits per heavy atom. The minimum atomic E-state index is -0.679. The van der Waals surface area contributed by atoms with Gasteiger partial charge in [0.05, 0.1) is 10.4 Å². The summed E-state index contributed by atoms with van der Waals surface area (Å²) in [6.07, 6.45) is 1.02. The molecule has 1 aliphatic rings. The van der Waals surface area contributed by atoms with Crippen molar-refractivity contribution in [2.45, 2.75) is 39.3 Å². The number of aromatic nitrogens is 3. The number of piperazine rings is 1. The van der Waals surface area contributed by atoms with E-state index in [9.17, 15) is 9.18 Å². The van der Waals surface area contributed by atoms with E-state index in [0.29, 0.717) is 53.0 Å². The highest BCUT2D eigenvalue weighted by Crippen LogP contribution is 2.38. The standard InChI is InChI=1S/C29H27ClF2N6O2/c1-16-35-26-20(14-34-25(24(26)32)19-8-6-7-17-9-10-21(31)23(30)22(17)19)27(36-16)37-11-12-38(18(15-37)13-33-5)28(39)40-29(2,3)4/h6-10,14,18H,11-13,15H2,1-4H3/t18-/m0/s1. The van der Waals surface area contributed by atoms with E-state index in [1.165, 1.54) is 12.3 Å². The van der Waals surface area contributed by atoms with E-state index in [-0.39, 0.29) is 22.8 Å². The Hall–Kier alpha value is -4.10. The summed E-state index contributed by atoms with van der Waals surface area (Å²) in [5, 5.41) is 1.29. The third-order valence-electron chi connectivity index (χ3n) is 6.68. The number of pyridine rings is 1. The molecule has 1 fully saturated rings. The third kappa shape index (κ3) is 5.09. The summed E-state index contributed by atoms with van der Waals surface area (Å²) in [4.78, 5) is 33.2. The minimum absolute atomic E-state index is 0.00437. The molecule has 8 nitrogen and oxygen atoms in total. The molecule has 4 aromatic rings. The van der Waals surface area contributed by atoms with Crippen molar-refractivity contribution in [3.8, 4) is 11.3 Å². The fourth-order valence-electron chi connectivity index (χ4n) is 4.96. The maximum absolute atomic E-state index is 16.1. The van der Waals surface area contributed by atoms with Crippen molar-refractivity contribution in [2.75, 3.05) is 31.1 Å². The zero-order chi connectivity index (χ0) is 28.8. The summed E-state index contributed by atoms with van der Waals surface area (Å²) >= 11 is 6.30. The normalized spacial score (nSPS) is 15.9. The van der Waals surface area contributed by atoms with Gasteiger partial charge in [-0.3, -0.25) is 9.88 Å². The minimum Gasteiger partial charge on any atom is -0.444 e. The summed E-state index contributed by atoms with van der Waals surface area (Å²) in [5.74, 6) is -0.483. The highest BCUT2D eigenvalue weighted by Gasteiger charge is 2.36. The number of ether oxygens (including phenoxy) is 1. The first-order valence-electron chi connectivity index (χ1n) is 12.8. The number of aryl methyl sites for hydroxylation is 1. The zero-order valence-electron chi connectivity index (χ0n) is 22.5. The summed E-state index contributed by atoms with van der Waals surface area (Å²) in [5.41, 5.74) is -0.261. The van der Waals surface area contributed by atoms with E-state index in [4.69, 9.17) is 22.9 Å². The number of hydrogen-bond acceptors (Lipinski definition) is 6. The number of hydrogen-bond donors (Lipinski definition) is 0. The first kappa shape index (κ1) is 27.5. The molecular formula is C29H27ClF2N6O2. The smallest absolute Gasteiger partial charge is 0.410 e. The lowest BCUT2D eigenvalue weighted by Crippen LogP contribution is -2.57. The average molecular weight is 565 g/mol. The molecule has 0 bridgehead atoms. The first-order valence-corrected chi connectivity index (χ1v) is 13.1. The molecule has 0 N–H and O–H groups in total. The Bertz CT molecular complexity index is 1680. The molecule has 40 heavy (non-hydrogen) atoms. The van der Waals surface area contributed by atoms with E-state index < -0.39 is 29.4 Å². The lowest BCUT2D eigenvalue weighted by molar-refractivity contribution is 0.0156. The van der Waals surface area contributed by atoms with Gasteiger partial charge in [0.15, 0.2) is 5.82 Å². The number of anilines is 1. The van der Waals surface area contributed by atoms with Crippen molar-refractivity contribution < 1.29 is 18.3 Å². The van der Waals surface area contributed by atoms with Crippen molar-refractivity contribution in [3.05, 3.63) is 70.4 Å². The molecule has 11 heteroatoms. The predicted octanol–water partition coefficient (Wildman–Crippen LogP) is 6.43. The number of benzene rings is 2. The van der Waals surface area contributed by atoms with Crippen LogP contribution < -0.4 is 4.90 Å². The van der Waals surface area contributed by atoms with E-state index in [1.807, 2.05) is 4.90 Å². The summed E-state index contributed by atoms with van der Waals surface area (Å²) in [6.45, 7) is 15.5. The molecule has 3 heterocycles. The van der Waals surface area contributed by atoms with Gasteiger partial charge >= 0.3 is 6.09 Å². The van der Waals surface area contributed by atoms with Crippen molar-refractivity contribution >= 4 is 45.2 Å². The molecule has 0 spiro atoms. The Balaban J connectivity index is 1.56. The van der Waals surface area contributed by atoms with Gasteiger partial charge in [-0.15, -0.1) is 0 Å². The molecule has 0 aliphatic carbocycles. The first-order chi connectivity index (χ1) is 19.0. The number of carbonyl (C=O) groups excluding carboxylic acids is 1. The van der Waals surface area contributed by atoms with Crippen LogP contribution in [0.4, 0.5) is 19.4 Å². The second-order valence-corrected chi connectivity index (χ2v) is 11.0. The highest BCUT2D eigenvalue weighted by atomic mass is 35.5. The van der Waals surface area contributed by atoms with Crippen molar-refractivity contribution in [1.29, 1.82) is 0 Å². The average Bonchev–Trinajstić information content (AvgIpc) is 2.90. The van der Waals surface area contributed by atoms with Crippen LogP contribution in [0.2, 0.25) is 5.02 Å². The van der Waals surface area contributed by atoms with E-state index in [1.54, 1.807) is 56.9 Å². The third-order valence-corrected chi connectivity index (χ3v) is 7.05. The van der Waals surface area contributed by atoms with Crippen molar-refractivity contribution in [1.82, 2.24) is 19.9 Å². The summed E-state index contributed by atoms with van der Waals surface area (Å²) in [7, 11) is 0. The number of rotatable bonds is 3. The maximum atomic E-state index is 16.1. The summed E-state index contributed by atoms with van der Waals surface area (Å²) < 4.78 is 36.0. The van der Waals surface area contributed by atoms with Gasteiger partial charge in [0, 0.05) is 36.8 Å². The fraction of sp³-hybridized carbons (Fsp3) is 0.345. The fourth-order valence-corrected chi connectivity index (χ4v) is 5.23. The van der Waals surface area contributed by atoms with Gasteiger partial charge in [-0.25, -0.2) is 30.1 Å². The Morgan fingerprint density at radius 2 is 1.98 bits per heavy atom. The lowest BCUT2D eigenvalue weighted by Gasteiger charge is -2.40. The molecule has 0 unspecified atom stereocenters. The molecule has 0 saturated carbocycles. The van der Waals surface area contributed by atoms with Gasteiger partial charge in [0.2, 0.25) is 6.54 Å². The summed E-state index contributed by atoms with van der Waals surface area (Å²) in [6, 6.07) is 7.55.